The van der Waals surface area contributed by atoms with Crippen LogP contribution >= 0.6 is 8.30 Å². The van der Waals surface area contributed by atoms with Crippen molar-refractivity contribution in [3.8, 4) is 0 Å². The summed E-state index contributed by atoms with van der Waals surface area (Å²) in [7, 11) is 4.35. The lowest BCUT2D eigenvalue weighted by Gasteiger charge is -2.22. The van der Waals surface area contributed by atoms with Crippen LogP contribution in [-0.4, -0.2) is 38.0 Å². The van der Waals surface area contributed by atoms with Gasteiger partial charge in [-0.1, -0.05) is 6.92 Å². The van der Waals surface area contributed by atoms with E-state index in [9.17, 15) is 4.79 Å². The van der Waals surface area contributed by atoms with Crippen LogP contribution in [0.4, 0.5) is 0 Å². The van der Waals surface area contributed by atoms with Crippen molar-refractivity contribution in [2.45, 2.75) is 6.92 Å². The first-order valence-corrected chi connectivity index (χ1v) is 5.32. The third kappa shape index (κ3) is 4.25. The maximum absolute atomic E-state index is 10.9. The van der Waals surface area contributed by atoms with Gasteiger partial charge in [0.05, 0.1) is 7.11 Å². The van der Waals surface area contributed by atoms with Crippen LogP contribution in [0.1, 0.15) is 6.92 Å². The summed E-state index contributed by atoms with van der Waals surface area (Å²) < 4.78 is 11.7. The number of nitrogens with zero attached hydrogens (tertiary/aromatic N) is 1. The van der Waals surface area contributed by atoms with Crippen molar-refractivity contribution in [3.05, 3.63) is 12.3 Å². The van der Waals surface area contributed by atoms with Gasteiger partial charge in [0.25, 0.3) is 0 Å². The van der Waals surface area contributed by atoms with Crippen LogP contribution in [-0.2, 0) is 14.1 Å². The molecule has 0 bridgehead atoms. The van der Waals surface area contributed by atoms with E-state index < -0.39 is 14.3 Å². The zero-order valence-electron chi connectivity index (χ0n) is 8.53. The van der Waals surface area contributed by atoms with Gasteiger partial charge in [-0.05, 0) is 20.7 Å². The molecule has 13 heavy (non-hydrogen) atoms. The Bertz CT molecular complexity index is 194. The predicted octanol–water partition coefficient (Wildman–Crippen LogP) is 1.58. The van der Waals surface area contributed by atoms with Gasteiger partial charge in [-0.15, -0.1) is 0 Å². The van der Waals surface area contributed by atoms with E-state index in [1.807, 2.05) is 25.7 Å². The smallest absolute Gasteiger partial charge is 0.373 e. The summed E-state index contributed by atoms with van der Waals surface area (Å²) in [5.41, 5.74) is 0. The van der Waals surface area contributed by atoms with Gasteiger partial charge in [0.2, 0.25) is 5.76 Å². The molecule has 0 aromatic carbocycles. The summed E-state index contributed by atoms with van der Waals surface area (Å²) in [4.78, 5) is 10.9. The lowest BCUT2D eigenvalue weighted by atomic mass is 10.6. The SMILES string of the molecule is C=C(OP(CC)N(C)C)C(=O)OC. The molecule has 4 nitrogen and oxygen atoms in total. The maximum atomic E-state index is 10.9. The molecule has 1 atom stereocenters. The average molecular weight is 205 g/mol. The van der Waals surface area contributed by atoms with Crippen molar-refractivity contribution in [1.82, 2.24) is 4.67 Å². The molecule has 0 N–H and O–H groups in total. The standard InChI is InChI=1S/C8H16NO3P/c1-6-13(9(3)4)12-7(2)8(10)11-5/h2,6H2,1,3-5H3. The fraction of sp³-hybridized carbons (Fsp3) is 0.625. The Hall–Kier alpha value is -0.600. The molecule has 0 saturated carbocycles. The molecule has 0 aliphatic rings. The Balaban J connectivity index is 4.09. The third-order valence-corrected chi connectivity index (χ3v) is 3.21. The molecule has 1 unspecified atom stereocenters. The van der Waals surface area contributed by atoms with Gasteiger partial charge >= 0.3 is 5.97 Å². The van der Waals surface area contributed by atoms with E-state index in [-0.39, 0.29) is 5.76 Å². The van der Waals surface area contributed by atoms with E-state index in [1.54, 1.807) is 0 Å². The highest BCUT2D eigenvalue weighted by Gasteiger charge is 2.16. The highest BCUT2D eigenvalue weighted by atomic mass is 31.2. The Kier molecular flexibility index (Phi) is 5.67. The summed E-state index contributed by atoms with van der Waals surface area (Å²) >= 11 is 0. The Morgan fingerprint density at radius 1 is 1.54 bits per heavy atom. The van der Waals surface area contributed by atoms with Crippen LogP contribution in [0.25, 0.3) is 0 Å². The van der Waals surface area contributed by atoms with Crippen LogP contribution in [0, 0.1) is 0 Å². The fourth-order valence-electron chi connectivity index (χ4n) is 0.707. The summed E-state index contributed by atoms with van der Waals surface area (Å²) in [6, 6.07) is 0. The molecule has 0 aromatic heterocycles. The number of carbonyl (C=O) groups excluding carboxylic acids is 1. The molecule has 76 valence electrons. The van der Waals surface area contributed by atoms with Crippen LogP contribution in [0.5, 0.6) is 0 Å². The Morgan fingerprint density at radius 3 is 2.38 bits per heavy atom. The Labute approximate surface area is 80.4 Å². The monoisotopic (exact) mass is 205 g/mol. The van der Waals surface area contributed by atoms with Crippen molar-refractivity contribution in [1.29, 1.82) is 0 Å². The van der Waals surface area contributed by atoms with E-state index >= 15 is 0 Å². The van der Waals surface area contributed by atoms with Gasteiger partial charge in [-0.25, -0.2) is 4.79 Å². The number of rotatable bonds is 5. The largest absolute Gasteiger partial charge is 0.463 e. The van der Waals surface area contributed by atoms with Crippen LogP contribution in [0.2, 0.25) is 0 Å². The molecular formula is C8H16NO3P. The van der Waals surface area contributed by atoms with Crippen LogP contribution < -0.4 is 0 Å². The molecule has 5 heteroatoms. The van der Waals surface area contributed by atoms with Crippen LogP contribution in [0.3, 0.4) is 0 Å². The van der Waals surface area contributed by atoms with Crippen molar-refractivity contribution >= 4 is 14.3 Å². The van der Waals surface area contributed by atoms with Crippen molar-refractivity contribution in [3.63, 3.8) is 0 Å². The van der Waals surface area contributed by atoms with Crippen LogP contribution in [0.15, 0.2) is 12.3 Å². The minimum absolute atomic E-state index is 0.0733. The topological polar surface area (TPSA) is 38.8 Å². The number of hydrogen-bond donors (Lipinski definition) is 0. The second kappa shape index (κ2) is 5.95. The lowest BCUT2D eigenvalue weighted by Crippen LogP contribution is -2.12. The number of esters is 1. The third-order valence-electron chi connectivity index (χ3n) is 1.35. The first kappa shape index (κ1) is 12.4. The highest BCUT2D eigenvalue weighted by Crippen LogP contribution is 2.40. The Morgan fingerprint density at radius 2 is 2.08 bits per heavy atom. The first-order valence-electron chi connectivity index (χ1n) is 3.92. The number of ether oxygens (including phenoxy) is 1. The van der Waals surface area contributed by atoms with Gasteiger partial charge < -0.3 is 9.26 Å². The zero-order chi connectivity index (χ0) is 10.4. The summed E-state index contributed by atoms with van der Waals surface area (Å²) in [6.45, 7) is 5.48. The number of hydrogen-bond acceptors (Lipinski definition) is 4. The molecule has 0 spiro atoms. The number of carbonyl (C=O) groups is 1. The van der Waals surface area contributed by atoms with Gasteiger partial charge in [0, 0.05) is 6.16 Å². The van der Waals surface area contributed by atoms with Gasteiger partial charge in [-0.2, -0.15) is 0 Å². The van der Waals surface area contributed by atoms with Crippen molar-refractivity contribution < 1.29 is 14.1 Å². The molecule has 0 radical (unpaired) electrons. The lowest BCUT2D eigenvalue weighted by molar-refractivity contribution is -0.138. The van der Waals surface area contributed by atoms with Gasteiger partial charge in [-0.3, -0.25) is 4.67 Å². The fourth-order valence-corrected chi connectivity index (χ4v) is 1.89. The van der Waals surface area contributed by atoms with E-state index in [0.717, 1.165) is 6.16 Å². The predicted molar refractivity (Wildman–Crippen MR) is 53.4 cm³/mol. The molecule has 0 saturated heterocycles. The number of methoxy groups -OCH3 is 1. The zero-order valence-corrected chi connectivity index (χ0v) is 9.43. The van der Waals surface area contributed by atoms with E-state index in [1.165, 1.54) is 7.11 Å². The molecular weight excluding hydrogens is 189 g/mol. The van der Waals surface area contributed by atoms with E-state index in [2.05, 4.69) is 11.3 Å². The van der Waals surface area contributed by atoms with Gasteiger partial charge in [0.15, 0.2) is 8.30 Å². The van der Waals surface area contributed by atoms with Gasteiger partial charge in [0.1, 0.15) is 0 Å². The molecule has 0 fully saturated rings. The van der Waals surface area contributed by atoms with Crippen molar-refractivity contribution in [2.75, 3.05) is 27.4 Å². The van der Waals surface area contributed by atoms with E-state index in [0.29, 0.717) is 0 Å². The molecule has 0 aliphatic heterocycles. The normalized spacial score (nSPS) is 12.4. The summed E-state index contributed by atoms with van der Waals surface area (Å²) in [6.07, 6.45) is 0.846. The molecule has 0 rings (SSSR count). The first-order chi connectivity index (χ1) is 6.02. The summed E-state index contributed by atoms with van der Waals surface area (Å²) in [5.74, 6) is -0.438. The molecule has 0 aliphatic carbocycles. The van der Waals surface area contributed by atoms with E-state index in [4.69, 9.17) is 4.52 Å². The maximum Gasteiger partial charge on any atom is 0.373 e. The van der Waals surface area contributed by atoms with Crippen molar-refractivity contribution in [2.24, 2.45) is 0 Å². The molecule has 0 aromatic rings. The molecule has 0 amide bonds. The minimum atomic E-state index is -0.762. The molecule has 0 heterocycles. The highest BCUT2D eigenvalue weighted by molar-refractivity contribution is 7.50. The average Bonchev–Trinajstić information content (AvgIpc) is 2.11. The quantitative estimate of drug-likeness (QED) is 0.295. The summed E-state index contributed by atoms with van der Waals surface area (Å²) in [5, 5.41) is 0. The second-order valence-electron chi connectivity index (χ2n) is 2.52. The minimum Gasteiger partial charge on any atom is -0.463 e. The second-order valence-corrected chi connectivity index (χ2v) is 4.84.